The van der Waals surface area contributed by atoms with Crippen LogP contribution in [0.1, 0.15) is 18.1 Å². The maximum Gasteiger partial charge on any atom is 0.325 e. The van der Waals surface area contributed by atoms with Gasteiger partial charge >= 0.3 is 6.03 Å². The predicted octanol–water partition coefficient (Wildman–Crippen LogP) is 0.247. The van der Waals surface area contributed by atoms with Gasteiger partial charge in [-0.15, -0.1) is 0 Å². The molecule has 0 aromatic heterocycles. The van der Waals surface area contributed by atoms with Gasteiger partial charge in [-0.05, 0) is 19.4 Å². The Hall–Kier alpha value is -2.37. The minimum absolute atomic E-state index is 0.411. The van der Waals surface area contributed by atoms with Crippen molar-refractivity contribution in [3.8, 4) is 0 Å². The first kappa shape index (κ1) is 13.1. The van der Waals surface area contributed by atoms with E-state index in [4.69, 9.17) is 5.73 Å². The van der Waals surface area contributed by atoms with Crippen LogP contribution in [0.4, 0.5) is 4.79 Å². The van der Waals surface area contributed by atoms with E-state index in [1.54, 1.807) is 19.1 Å². The van der Waals surface area contributed by atoms with Crippen LogP contribution in [-0.2, 0) is 15.1 Å². The van der Waals surface area contributed by atoms with Crippen molar-refractivity contribution in [2.24, 2.45) is 5.73 Å². The van der Waals surface area contributed by atoms with Crippen LogP contribution < -0.4 is 11.1 Å². The molecule has 0 saturated carbocycles. The van der Waals surface area contributed by atoms with Gasteiger partial charge in [-0.25, -0.2) is 4.79 Å². The van der Waals surface area contributed by atoms with Gasteiger partial charge in [-0.3, -0.25) is 14.5 Å². The molecule has 1 heterocycles. The van der Waals surface area contributed by atoms with Crippen LogP contribution in [0.2, 0.25) is 0 Å². The largest absolute Gasteiger partial charge is 0.368 e. The fourth-order valence-corrected chi connectivity index (χ4v) is 2.08. The number of carbonyl (C=O) groups excluding carboxylic acids is 3. The van der Waals surface area contributed by atoms with Gasteiger partial charge in [0.25, 0.3) is 5.91 Å². The first-order valence-corrected chi connectivity index (χ1v) is 5.84. The summed E-state index contributed by atoms with van der Waals surface area (Å²) >= 11 is 0. The highest BCUT2D eigenvalue weighted by Crippen LogP contribution is 2.28. The van der Waals surface area contributed by atoms with Crippen LogP contribution >= 0.6 is 0 Å². The number of hydrogen-bond acceptors (Lipinski definition) is 3. The molecule has 6 heteroatoms. The Morgan fingerprint density at radius 2 is 1.89 bits per heavy atom. The molecule has 1 aliphatic heterocycles. The molecule has 100 valence electrons. The van der Waals surface area contributed by atoms with E-state index in [2.05, 4.69) is 5.32 Å². The molecule has 0 bridgehead atoms. The number of hydrogen-bond donors (Lipinski definition) is 2. The number of primary amides is 1. The van der Waals surface area contributed by atoms with Crippen LogP contribution in [0.3, 0.4) is 0 Å². The molecule has 2 rings (SSSR count). The van der Waals surface area contributed by atoms with Gasteiger partial charge in [-0.1, -0.05) is 29.8 Å². The summed E-state index contributed by atoms with van der Waals surface area (Å²) in [5.74, 6) is -1.20. The number of benzene rings is 1. The maximum absolute atomic E-state index is 12.3. The van der Waals surface area contributed by atoms with Crippen molar-refractivity contribution in [2.75, 3.05) is 6.54 Å². The molecule has 19 heavy (non-hydrogen) atoms. The molecule has 0 spiro atoms. The fraction of sp³-hybridized carbons (Fsp3) is 0.308. The van der Waals surface area contributed by atoms with Crippen molar-refractivity contribution in [1.82, 2.24) is 10.2 Å². The minimum Gasteiger partial charge on any atom is -0.368 e. The second kappa shape index (κ2) is 4.38. The molecule has 1 aromatic rings. The fourth-order valence-electron chi connectivity index (χ4n) is 2.08. The third kappa shape index (κ3) is 2.16. The van der Waals surface area contributed by atoms with Crippen molar-refractivity contribution >= 4 is 17.8 Å². The van der Waals surface area contributed by atoms with E-state index in [1.807, 2.05) is 19.1 Å². The zero-order valence-corrected chi connectivity index (χ0v) is 10.8. The molecule has 3 N–H and O–H groups in total. The summed E-state index contributed by atoms with van der Waals surface area (Å²) < 4.78 is 0. The number of aryl methyl sites for hydroxylation is 1. The second-order valence-corrected chi connectivity index (χ2v) is 4.78. The number of rotatable bonds is 3. The Kier molecular flexibility index (Phi) is 3.01. The number of urea groups is 1. The Bertz CT molecular complexity index is 553. The summed E-state index contributed by atoms with van der Waals surface area (Å²) in [7, 11) is 0. The third-order valence-corrected chi connectivity index (χ3v) is 3.22. The van der Waals surface area contributed by atoms with Gasteiger partial charge in [0.1, 0.15) is 12.1 Å². The number of carbonyl (C=O) groups is 3. The lowest BCUT2D eigenvalue weighted by Gasteiger charge is -2.22. The molecule has 1 aromatic carbocycles. The molecule has 1 atom stereocenters. The summed E-state index contributed by atoms with van der Waals surface area (Å²) in [6.45, 7) is 3.13. The van der Waals surface area contributed by atoms with Crippen LogP contribution in [0, 0.1) is 6.92 Å². The standard InChI is InChI=1S/C13H15N3O3/c1-8-3-5-9(6-4-8)13(2)11(18)16(7-10(14)17)12(19)15-13/h3-6H,7H2,1-2H3,(H2,14,17)(H,15,19). The van der Waals surface area contributed by atoms with E-state index in [0.717, 1.165) is 10.5 Å². The number of imide groups is 1. The van der Waals surface area contributed by atoms with Crippen molar-refractivity contribution in [2.45, 2.75) is 19.4 Å². The van der Waals surface area contributed by atoms with E-state index in [-0.39, 0.29) is 0 Å². The van der Waals surface area contributed by atoms with E-state index in [9.17, 15) is 14.4 Å². The normalized spacial score (nSPS) is 22.5. The molecule has 0 aliphatic carbocycles. The minimum atomic E-state index is -1.15. The van der Waals surface area contributed by atoms with Crippen LogP contribution in [0.5, 0.6) is 0 Å². The lowest BCUT2D eigenvalue weighted by atomic mass is 9.91. The summed E-state index contributed by atoms with van der Waals surface area (Å²) in [6, 6.07) is 6.67. The Labute approximate surface area is 110 Å². The highest BCUT2D eigenvalue weighted by molar-refractivity contribution is 6.09. The summed E-state index contributed by atoms with van der Waals surface area (Å²) in [5.41, 5.74) is 5.60. The van der Waals surface area contributed by atoms with Gasteiger partial charge in [0.15, 0.2) is 0 Å². The van der Waals surface area contributed by atoms with E-state index in [0.29, 0.717) is 5.56 Å². The van der Waals surface area contributed by atoms with Gasteiger partial charge in [0.05, 0.1) is 0 Å². The highest BCUT2D eigenvalue weighted by atomic mass is 16.2. The lowest BCUT2D eigenvalue weighted by Crippen LogP contribution is -2.42. The maximum atomic E-state index is 12.3. The zero-order chi connectivity index (χ0) is 14.2. The molecule has 1 unspecified atom stereocenters. The number of nitrogens with zero attached hydrogens (tertiary/aromatic N) is 1. The molecular weight excluding hydrogens is 246 g/mol. The van der Waals surface area contributed by atoms with Crippen LogP contribution in [0.25, 0.3) is 0 Å². The van der Waals surface area contributed by atoms with Gasteiger partial charge in [0.2, 0.25) is 5.91 Å². The molecule has 0 radical (unpaired) electrons. The van der Waals surface area contributed by atoms with E-state index < -0.39 is 29.9 Å². The van der Waals surface area contributed by atoms with Gasteiger partial charge in [0, 0.05) is 0 Å². The topological polar surface area (TPSA) is 92.5 Å². The van der Waals surface area contributed by atoms with Crippen molar-refractivity contribution in [3.63, 3.8) is 0 Å². The molecule has 1 aliphatic rings. The summed E-state index contributed by atoms with van der Waals surface area (Å²) in [5, 5.41) is 2.60. The smallest absolute Gasteiger partial charge is 0.325 e. The number of nitrogens with two attached hydrogens (primary N) is 1. The summed E-state index contributed by atoms with van der Waals surface area (Å²) in [6.07, 6.45) is 0. The van der Waals surface area contributed by atoms with Crippen molar-refractivity contribution in [1.29, 1.82) is 0 Å². The van der Waals surface area contributed by atoms with Gasteiger partial charge < -0.3 is 11.1 Å². The lowest BCUT2D eigenvalue weighted by molar-refractivity contribution is -0.134. The first-order chi connectivity index (χ1) is 8.84. The monoisotopic (exact) mass is 261 g/mol. The molecule has 1 saturated heterocycles. The Morgan fingerprint density at radius 3 is 2.42 bits per heavy atom. The van der Waals surface area contributed by atoms with E-state index in [1.165, 1.54) is 0 Å². The Morgan fingerprint density at radius 1 is 1.32 bits per heavy atom. The molecule has 4 amide bonds. The Balaban J connectivity index is 2.35. The predicted molar refractivity (Wildman–Crippen MR) is 68.0 cm³/mol. The number of nitrogens with one attached hydrogen (secondary N) is 1. The van der Waals surface area contributed by atoms with Crippen molar-refractivity contribution < 1.29 is 14.4 Å². The van der Waals surface area contributed by atoms with E-state index >= 15 is 0 Å². The quantitative estimate of drug-likeness (QED) is 0.764. The molecule has 1 fully saturated rings. The molecule has 6 nitrogen and oxygen atoms in total. The zero-order valence-electron chi connectivity index (χ0n) is 10.8. The average molecular weight is 261 g/mol. The third-order valence-electron chi connectivity index (χ3n) is 3.22. The molecular formula is C13H15N3O3. The second-order valence-electron chi connectivity index (χ2n) is 4.78. The SMILES string of the molecule is Cc1ccc(C2(C)NC(=O)N(CC(N)=O)C2=O)cc1. The highest BCUT2D eigenvalue weighted by Gasteiger charge is 2.49. The van der Waals surface area contributed by atoms with Crippen LogP contribution in [0.15, 0.2) is 24.3 Å². The van der Waals surface area contributed by atoms with Crippen molar-refractivity contribution in [3.05, 3.63) is 35.4 Å². The number of amides is 4. The van der Waals surface area contributed by atoms with Crippen LogP contribution in [-0.4, -0.2) is 29.3 Å². The summed E-state index contributed by atoms with van der Waals surface area (Å²) in [4.78, 5) is 35.8. The average Bonchev–Trinajstić information content (AvgIpc) is 2.54. The first-order valence-electron chi connectivity index (χ1n) is 5.84. The van der Waals surface area contributed by atoms with Gasteiger partial charge in [-0.2, -0.15) is 0 Å².